The van der Waals surface area contributed by atoms with Gasteiger partial charge in [-0.15, -0.1) is 0 Å². The molecule has 2 aromatic carbocycles. The Morgan fingerprint density at radius 1 is 1.04 bits per heavy atom. The monoisotopic (exact) mass is 373 g/mol. The van der Waals surface area contributed by atoms with Crippen molar-refractivity contribution in [2.24, 2.45) is 0 Å². The third-order valence-electron chi connectivity index (χ3n) is 4.79. The highest BCUT2D eigenvalue weighted by Gasteiger charge is 2.14. The van der Waals surface area contributed by atoms with E-state index in [1.165, 1.54) is 5.56 Å². The summed E-state index contributed by atoms with van der Waals surface area (Å²) < 4.78 is 3.57. The average molecular weight is 373 g/mol. The molecule has 0 saturated carbocycles. The SMILES string of the molecule is CCn1nc(NC(=O)Cn2cc(C)c(-c3ccc(C)cc3)n2)c2ccccc21. The van der Waals surface area contributed by atoms with Gasteiger partial charge in [0.15, 0.2) is 5.82 Å². The Balaban J connectivity index is 1.53. The van der Waals surface area contributed by atoms with Gasteiger partial charge in [0.05, 0.1) is 11.2 Å². The van der Waals surface area contributed by atoms with E-state index in [0.717, 1.165) is 34.3 Å². The summed E-state index contributed by atoms with van der Waals surface area (Å²) in [5.74, 6) is 0.439. The van der Waals surface area contributed by atoms with E-state index >= 15 is 0 Å². The molecule has 0 atom stereocenters. The highest BCUT2D eigenvalue weighted by atomic mass is 16.2. The van der Waals surface area contributed by atoms with Crippen molar-refractivity contribution >= 4 is 22.6 Å². The van der Waals surface area contributed by atoms with Crippen LogP contribution in [0.1, 0.15) is 18.1 Å². The first-order valence-electron chi connectivity index (χ1n) is 9.41. The second-order valence-electron chi connectivity index (χ2n) is 6.95. The van der Waals surface area contributed by atoms with Gasteiger partial charge in [0.2, 0.25) is 5.91 Å². The van der Waals surface area contributed by atoms with E-state index in [1.807, 2.05) is 49.0 Å². The summed E-state index contributed by atoms with van der Waals surface area (Å²) >= 11 is 0. The van der Waals surface area contributed by atoms with Crippen LogP contribution < -0.4 is 5.32 Å². The Hall–Kier alpha value is -3.41. The van der Waals surface area contributed by atoms with Gasteiger partial charge in [-0.3, -0.25) is 14.2 Å². The molecular weight excluding hydrogens is 350 g/mol. The van der Waals surface area contributed by atoms with Crippen molar-refractivity contribution in [1.82, 2.24) is 19.6 Å². The number of fused-ring (bicyclic) bond motifs is 1. The normalized spacial score (nSPS) is 11.1. The summed E-state index contributed by atoms with van der Waals surface area (Å²) in [4.78, 5) is 12.6. The number of rotatable bonds is 5. The molecule has 0 radical (unpaired) electrons. The summed E-state index contributed by atoms with van der Waals surface area (Å²) in [6.07, 6.45) is 1.90. The van der Waals surface area contributed by atoms with E-state index in [2.05, 4.69) is 46.7 Å². The van der Waals surface area contributed by atoms with Crippen molar-refractivity contribution < 1.29 is 4.79 Å². The number of aryl methyl sites for hydroxylation is 3. The van der Waals surface area contributed by atoms with E-state index in [-0.39, 0.29) is 12.5 Å². The fraction of sp³-hybridized carbons (Fsp3) is 0.227. The van der Waals surface area contributed by atoms with Crippen LogP contribution in [0.15, 0.2) is 54.7 Å². The number of para-hydroxylation sites is 1. The second-order valence-corrected chi connectivity index (χ2v) is 6.95. The molecule has 0 unspecified atom stereocenters. The largest absolute Gasteiger partial charge is 0.307 e. The molecule has 4 aromatic rings. The van der Waals surface area contributed by atoms with Gasteiger partial charge < -0.3 is 5.32 Å². The maximum atomic E-state index is 12.6. The van der Waals surface area contributed by atoms with E-state index < -0.39 is 0 Å². The zero-order valence-electron chi connectivity index (χ0n) is 16.3. The molecule has 28 heavy (non-hydrogen) atoms. The van der Waals surface area contributed by atoms with Crippen LogP contribution >= 0.6 is 0 Å². The minimum Gasteiger partial charge on any atom is -0.307 e. The van der Waals surface area contributed by atoms with Gasteiger partial charge >= 0.3 is 0 Å². The first-order valence-corrected chi connectivity index (χ1v) is 9.41. The molecule has 0 aliphatic rings. The number of carbonyl (C=O) groups excluding carboxylic acids is 1. The van der Waals surface area contributed by atoms with Gasteiger partial charge in [0.1, 0.15) is 6.54 Å². The molecule has 142 valence electrons. The third-order valence-corrected chi connectivity index (χ3v) is 4.79. The van der Waals surface area contributed by atoms with Crippen LogP contribution in [-0.2, 0) is 17.9 Å². The second kappa shape index (κ2) is 7.31. The molecule has 0 bridgehead atoms. The van der Waals surface area contributed by atoms with Gasteiger partial charge in [-0.25, -0.2) is 0 Å². The molecule has 0 spiro atoms. The van der Waals surface area contributed by atoms with E-state index in [9.17, 15) is 4.79 Å². The van der Waals surface area contributed by atoms with E-state index in [0.29, 0.717) is 5.82 Å². The molecule has 2 heterocycles. The lowest BCUT2D eigenvalue weighted by Gasteiger charge is -2.03. The quantitative estimate of drug-likeness (QED) is 0.571. The van der Waals surface area contributed by atoms with Crippen LogP contribution in [0.4, 0.5) is 5.82 Å². The standard InChI is InChI=1S/C22H23N5O/c1-4-27-19-8-6-5-7-18(19)22(25-27)23-20(28)14-26-13-16(3)21(24-26)17-11-9-15(2)10-12-17/h5-13H,4,14H2,1-3H3,(H,23,25,28). The summed E-state index contributed by atoms with van der Waals surface area (Å²) in [5, 5.41) is 13.0. The minimum absolute atomic E-state index is 0.139. The van der Waals surface area contributed by atoms with Crippen LogP contribution in [0.3, 0.4) is 0 Å². The highest BCUT2D eigenvalue weighted by Crippen LogP contribution is 2.23. The summed E-state index contributed by atoms with van der Waals surface area (Å²) in [6.45, 7) is 6.98. The Kier molecular flexibility index (Phi) is 4.69. The van der Waals surface area contributed by atoms with Gasteiger partial charge in [-0.05, 0) is 38.5 Å². The van der Waals surface area contributed by atoms with Gasteiger partial charge in [0, 0.05) is 23.7 Å². The lowest BCUT2D eigenvalue weighted by Crippen LogP contribution is -2.19. The molecule has 0 saturated heterocycles. The fourth-order valence-corrected chi connectivity index (χ4v) is 3.38. The van der Waals surface area contributed by atoms with Gasteiger partial charge in [-0.1, -0.05) is 42.0 Å². The van der Waals surface area contributed by atoms with Crippen LogP contribution in [0.2, 0.25) is 0 Å². The van der Waals surface area contributed by atoms with Crippen LogP contribution in [0.25, 0.3) is 22.2 Å². The van der Waals surface area contributed by atoms with Crippen molar-refractivity contribution in [2.45, 2.75) is 33.9 Å². The van der Waals surface area contributed by atoms with E-state index in [4.69, 9.17) is 0 Å². The Morgan fingerprint density at radius 3 is 2.54 bits per heavy atom. The fourth-order valence-electron chi connectivity index (χ4n) is 3.38. The average Bonchev–Trinajstić information content (AvgIpc) is 3.23. The van der Waals surface area contributed by atoms with Crippen LogP contribution in [0, 0.1) is 13.8 Å². The van der Waals surface area contributed by atoms with Crippen molar-refractivity contribution in [1.29, 1.82) is 0 Å². The number of benzene rings is 2. The molecular formula is C22H23N5O. The molecule has 4 rings (SSSR count). The maximum absolute atomic E-state index is 12.6. The molecule has 0 aliphatic carbocycles. The van der Waals surface area contributed by atoms with Crippen molar-refractivity contribution in [3.05, 3.63) is 65.9 Å². The molecule has 0 fully saturated rings. The first kappa shape index (κ1) is 18.0. The van der Waals surface area contributed by atoms with Crippen LogP contribution in [0.5, 0.6) is 0 Å². The maximum Gasteiger partial charge on any atom is 0.247 e. The number of amides is 1. The van der Waals surface area contributed by atoms with Gasteiger partial charge in [-0.2, -0.15) is 10.2 Å². The number of carbonyl (C=O) groups is 1. The van der Waals surface area contributed by atoms with Gasteiger partial charge in [0.25, 0.3) is 0 Å². The smallest absolute Gasteiger partial charge is 0.247 e. The Labute approximate surface area is 163 Å². The predicted molar refractivity (Wildman–Crippen MR) is 111 cm³/mol. The van der Waals surface area contributed by atoms with Crippen LogP contribution in [-0.4, -0.2) is 25.5 Å². The number of nitrogens with one attached hydrogen (secondary N) is 1. The third kappa shape index (κ3) is 3.41. The Bertz CT molecular complexity index is 1140. The summed E-state index contributed by atoms with van der Waals surface area (Å²) in [6, 6.07) is 16.1. The molecule has 2 aromatic heterocycles. The van der Waals surface area contributed by atoms with E-state index in [1.54, 1.807) is 4.68 Å². The molecule has 1 N–H and O–H groups in total. The molecule has 1 amide bonds. The number of anilines is 1. The predicted octanol–water partition coefficient (Wildman–Crippen LogP) is 4.18. The van der Waals surface area contributed by atoms with Crippen molar-refractivity contribution in [3.63, 3.8) is 0 Å². The van der Waals surface area contributed by atoms with Crippen molar-refractivity contribution in [2.75, 3.05) is 5.32 Å². The number of aromatic nitrogens is 4. The Morgan fingerprint density at radius 2 is 1.79 bits per heavy atom. The number of nitrogens with zero attached hydrogens (tertiary/aromatic N) is 4. The molecule has 0 aliphatic heterocycles. The number of hydrogen-bond acceptors (Lipinski definition) is 3. The zero-order valence-corrected chi connectivity index (χ0v) is 16.3. The highest BCUT2D eigenvalue weighted by molar-refractivity contribution is 5.99. The summed E-state index contributed by atoms with van der Waals surface area (Å²) in [5.41, 5.74) is 5.21. The lowest BCUT2D eigenvalue weighted by molar-refractivity contribution is -0.116. The number of hydrogen-bond donors (Lipinski definition) is 1. The topological polar surface area (TPSA) is 64.7 Å². The summed E-state index contributed by atoms with van der Waals surface area (Å²) in [7, 11) is 0. The van der Waals surface area contributed by atoms with Crippen molar-refractivity contribution in [3.8, 4) is 11.3 Å². The lowest BCUT2D eigenvalue weighted by atomic mass is 10.1. The first-order chi connectivity index (χ1) is 13.5. The zero-order chi connectivity index (χ0) is 19.7. The molecule has 6 heteroatoms. The molecule has 6 nitrogen and oxygen atoms in total. The minimum atomic E-state index is -0.149.